The van der Waals surface area contributed by atoms with Crippen molar-refractivity contribution in [2.75, 3.05) is 45.9 Å². The highest BCUT2D eigenvalue weighted by Gasteiger charge is 2.14. The molecular formula is C25H52N4O3S. The van der Waals surface area contributed by atoms with Crippen LogP contribution in [0, 0.1) is 11.8 Å². The summed E-state index contributed by atoms with van der Waals surface area (Å²) in [5, 5.41) is 12.5. The van der Waals surface area contributed by atoms with Gasteiger partial charge in [-0.05, 0) is 51.0 Å². The zero-order valence-corrected chi connectivity index (χ0v) is 22.8. The molecule has 0 aromatic rings. The van der Waals surface area contributed by atoms with Gasteiger partial charge in [0.2, 0.25) is 11.8 Å². The Balaban J connectivity index is 3.54. The van der Waals surface area contributed by atoms with Gasteiger partial charge in [0.25, 0.3) is 0 Å². The molecule has 0 aromatic carbocycles. The van der Waals surface area contributed by atoms with Gasteiger partial charge in [0, 0.05) is 44.7 Å². The molecule has 0 saturated heterocycles. The maximum Gasteiger partial charge on any atom is 0.232 e. The molecule has 196 valence electrons. The number of unbranched alkanes of at least 4 members (excludes halogenated alkanes) is 2. The fraction of sp³-hybridized carbons (Fsp3) is 0.920. The number of carbonyl (C=O) groups is 2. The minimum absolute atomic E-state index is 0.0124. The van der Waals surface area contributed by atoms with Crippen molar-refractivity contribution in [1.82, 2.24) is 21.3 Å². The summed E-state index contributed by atoms with van der Waals surface area (Å²) in [6, 6.07) is 0.538. The van der Waals surface area contributed by atoms with E-state index in [2.05, 4.69) is 54.7 Å². The van der Waals surface area contributed by atoms with Crippen LogP contribution in [0.4, 0.5) is 0 Å². The van der Waals surface area contributed by atoms with Gasteiger partial charge in [-0.1, -0.05) is 41.0 Å². The van der Waals surface area contributed by atoms with Crippen LogP contribution >= 0.6 is 12.6 Å². The monoisotopic (exact) mass is 488 g/mol. The molecule has 0 radical (unpaired) electrons. The summed E-state index contributed by atoms with van der Waals surface area (Å²) in [6.45, 7) is 15.9. The van der Waals surface area contributed by atoms with Crippen LogP contribution in [0.1, 0.15) is 79.6 Å². The molecule has 0 aliphatic rings. The van der Waals surface area contributed by atoms with Crippen LogP contribution in [0.15, 0.2) is 0 Å². The molecule has 0 rings (SSSR count). The van der Waals surface area contributed by atoms with Crippen LogP contribution in [-0.4, -0.2) is 69.0 Å². The van der Waals surface area contributed by atoms with E-state index in [1.54, 1.807) is 0 Å². The highest BCUT2D eigenvalue weighted by molar-refractivity contribution is 7.81. The van der Waals surface area contributed by atoms with E-state index >= 15 is 0 Å². The zero-order valence-electron chi connectivity index (χ0n) is 21.9. The van der Waals surface area contributed by atoms with E-state index in [0.717, 1.165) is 71.1 Å². The van der Waals surface area contributed by atoms with Crippen molar-refractivity contribution in [3.05, 3.63) is 0 Å². The van der Waals surface area contributed by atoms with Crippen molar-refractivity contribution in [2.24, 2.45) is 11.8 Å². The molecule has 0 aliphatic heterocycles. The molecule has 33 heavy (non-hydrogen) atoms. The smallest absolute Gasteiger partial charge is 0.232 e. The number of carbonyl (C=O) groups excluding carboxylic acids is 2. The lowest BCUT2D eigenvalue weighted by Crippen LogP contribution is -2.33. The fourth-order valence-electron chi connectivity index (χ4n) is 3.26. The maximum absolute atomic E-state index is 12.2. The van der Waals surface area contributed by atoms with Gasteiger partial charge in [-0.3, -0.25) is 9.59 Å². The molecule has 2 atom stereocenters. The van der Waals surface area contributed by atoms with E-state index in [0.29, 0.717) is 31.7 Å². The molecule has 7 nitrogen and oxygen atoms in total. The summed E-state index contributed by atoms with van der Waals surface area (Å²) in [5.41, 5.74) is 0. The Morgan fingerprint density at radius 3 is 2.12 bits per heavy atom. The summed E-state index contributed by atoms with van der Waals surface area (Å²) >= 11 is 4.50. The second-order valence-corrected chi connectivity index (χ2v) is 10.2. The first-order valence-corrected chi connectivity index (χ1v) is 13.5. The Morgan fingerprint density at radius 2 is 1.42 bits per heavy atom. The van der Waals surface area contributed by atoms with Crippen LogP contribution in [0.3, 0.4) is 0 Å². The minimum atomic E-state index is -0.233. The Bertz CT molecular complexity index is 492. The molecular weight excluding hydrogens is 436 g/mol. The Morgan fingerprint density at radius 1 is 0.727 bits per heavy atom. The fourth-order valence-corrected chi connectivity index (χ4v) is 3.50. The number of hydrogen-bond acceptors (Lipinski definition) is 6. The Labute approximate surface area is 208 Å². The van der Waals surface area contributed by atoms with Gasteiger partial charge < -0.3 is 26.0 Å². The van der Waals surface area contributed by atoms with E-state index in [1.165, 1.54) is 0 Å². The molecule has 0 heterocycles. The van der Waals surface area contributed by atoms with Crippen LogP contribution in [0.25, 0.3) is 0 Å². The normalized spacial score (nSPS) is 13.3. The quantitative estimate of drug-likeness (QED) is 0.119. The summed E-state index contributed by atoms with van der Waals surface area (Å²) < 4.78 is 5.58. The average Bonchev–Trinajstić information content (AvgIpc) is 2.77. The second-order valence-electron chi connectivity index (χ2n) is 9.61. The third-order valence-electron chi connectivity index (χ3n) is 5.48. The first kappa shape index (κ1) is 32.2. The first-order chi connectivity index (χ1) is 15.7. The van der Waals surface area contributed by atoms with Crippen molar-refractivity contribution >= 4 is 24.4 Å². The highest BCUT2D eigenvalue weighted by Crippen LogP contribution is 2.16. The molecule has 0 saturated carbocycles. The third-order valence-corrected chi connectivity index (χ3v) is 5.97. The van der Waals surface area contributed by atoms with Crippen LogP contribution < -0.4 is 21.3 Å². The van der Waals surface area contributed by atoms with Gasteiger partial charge in [-0.25, -0.2) is 0 Å². The van der Waals surface area contributed by atoms with E-state index in [-0.39, 0.29) is 23.0 Å². The SMILES string of the molecule is CC(CCCOCCNC(=O)C(C)C)CCC(S)C(=O)NCCCCCNCCNC(C)C. The van der Waals surface area contributed by atoms with Gasteiger partial charge >= 0.3 is 0 Å². The molecule has 2 unspecified atom stereocenters. The molecule has 0 aromatic heterocycles. The van der Waals surface area contributed by atoms with Gasteiger partial charge in [0.05, 0.1) is 11.9 Å². The summed E-state index contributed by atoms with van der Waals surface area (Å²) in [7, 11) is 0. The molecule has 0 bridgehead atoms. The van der Waals surface area contributed by atoms with Gasteiger partial charge in [-0.15, -0.1) is 0 Å². The van der Waals surface area contributed by atoms with E-state index in [1.807, 2.05) is 13.8 Å². The predicted octanol–water partition coefficient (Wildman–Crippen LogP) is 3.14. The van der Waals surface area contributed by atoms with Crippen molar-refractivity contribution < 1.29 is 14.3 Å². The molecule has 8 heteroatoms. The minimum Gasteiger partial charge on any atom is -0.380 e. The summed E-state index contributed by atoms with van der Waals surface area (Å²) in [4.78, 5) is 23.7. The van der Waals surface area contributed by atoms with Gasteiger partial charge in [0.1, 0.15) is 0 Å². The lowest BCUT2D eigenvalue weighted by molar-refractivity contribution is -0.124. The van der Waals surface area contributed by atoms with Crippen molar-refractivity contribution in [1.29, 1.82) is 0 Å². The van der Waals surface area contributed by atoms with E-state index < -0.39 is 0 Å². The largest absolute Gasteiger partial charge is 0.380 e. The first-order valence-electron chi connectivity index (χ1n) is 13.0. The molecule has 0 aliphatic carbocycles. The van der Waals surface area contributed by atoms with Crippen LogP contribution in [-0.2, 0) is 14.3 Å². The van der Waals surface area contributed by atoms with Crippen LogP contribution in [0.5, 0.6) is 0 Å². The lowest BCUT2D eigenvalue weighted by atomic mass is 9.98. The number of hydrogen-bond donors (Lipinski definition) is 5. The van der Waals surface area contributed by atoms with E-state index in [4.69, 9.17) is 4.74 Å². The number of thiol groups is 1. The van der Waals surface area contributed by atoms with Crippen molar-refractivity contribution in [3.8, 4) is 0 Å². The maximum atomic E-state index is 12.2. The number of amides is 2. The van der Waals surface area contributed by atoms with Gasteiger partial charge in [0.15, 0.2) is 0 Å². The van der Waals surface area contributed by atoms with Crippen molar-refractivity contribution in [2.45, 2.75) is 90.9 Å². The van der Waals surface area contributed by atoms with Crippen molar-refractivity contribution in [3.63, 3.8) is 0 Å². The lowest BCUT2D eigenvalue weighted by Gasteiger charge is -2.15. The topological polar surface area (TPSA) is 91.5 Å². The van der Waals surface area contributed by atoms with Gasteiger partial charge in [-0.2, -0.15) is 12.6 Å². The molecule has 0 fully saturated rings. The molecule has 2 amide bonds. The summed E-state index contributed by atoms with van der Waals surface area (Å²) in [5.74, 6) is 0.671. The standard InChI is InChI=1S/C25H52N4O3S/c1-20(2)24(30)29-17-19-32-18-9-10-22(5)11-12-23(33)25(31)28-14-8-6-7-13-26-15-16-27-21(3)4/h20-23,26-27,33H,6-19H2,1-5H3,(H,28,31)(H,29,30). The second kappa shape index (κ2) is 21.7. The summed E-state index contributed by atoms with van der Waals surface area (Å²) in [6.07, 6.45) is 7.11. The average molecular weight is 489 g/mol. The van der Waals surface area contributed by atoms with Crippen LogP contribution in [0.2, 0.25) is 0 Å². The number of rotatable bonds is 22. The number of nitrogens with one attached hydrogen (secondary N) is 4. The Kier molecular flexibility index (Phi) is 21.1. The highest BCUT2D eigenvalue weighted by atomic mass is 32.1. The third kappa shape index (κ3) is 21.4. The zero-order chi connectivity index (χ0) is 24.9. The molecule has 0 spiro atoms. The Hall–Kier alpha value is -0.830. The number of ether oxygens (including phenoxy) is 1. The van der Waals surface area contributed by atoms with E-state index in [9.17, 15) is 9.59 Å². The molecule has 4 N–H and O–H groups in total. The predicted molar refractivity (Wildman–Crippen MR) is 142 cm³/mol.